The largest absolute Gasteiger partial charge is 0.352 e. The van der Waals surface area contributed by atoms with Gasteiger partial charge in [-0.15, -0.1) is 0 Å². The molecular weight excluding hydrogens is 184 g/mol. The van der Waals surface area contributed by atoms with Gasteiger partial charge in [0, 0.05) is 7.05 Å². The van der Waals surface area contributed by atoms with Crippen molar-refractivity contribution in [2.24, 2.45) is 5.92 Å². The molecule has 14 heavy (non-hydrogen) atoms. The van der Waals surface area contributed by atoms with Crippen LogP contribution in [0.5, 0.6) is 0 Å². The summed E-state index contributed by atoms with van der Waals surface area (Å²) >= 11 is 0. The Morgan fingerprint density at radius 1 is 1.79 bits per heavy atom. The van der Waals surface area contributed by atoms with Crippen LogP contribution in [-0.2, 0) is 0 Å². The van der Waals surface area contributed by atoms with Crippen LogP contribution in [0.1, 0.15) is 28.8 Å². The summed E-state index contributed by atoms with van der Waals surface area (Å²) in [6.07, 6.45) is 0.742. The molecule has 2 rings (SSSR count). The van der Waals surface area contributed by atoms with Crippen LogP contribution in [0.2, 0.25) is 0 Å². The number of carbonyl (C=O) groups is 1. The Morgan fingerprint density at radius 2 is 2.57 bits per heavy atom. The SMILES string of the molecule is CNC(=O)c1noc(C2CC2C#N)n1. The summed E-state index contributed by atoms with van der Waals surface area (Å²) in [6.45, 7) is 0. The first-order valence-electron chi connectivity index (χ1n) is 4.21. The van der Waals surface area contributed by atoms with Crippen molar-refractivity contribution in [2.75, 3.05) is 7.05 Å². The molecule has 0 bridgehead atoms. The smallest absolute Gasteiger partial charge is 0.292 e. The molecule has 72 valence electrons. The van der Waals surface area contributed by atoms with Crippen LogP contribution in [-0.4, -0.2) is 23.1 Å². The van der Waals surface area contributed by atoms with Gasteiger partial charge in [-0.2, -0.15) is 10.2 Å². The lowest BCUT2D eigenvalue weighted by Crippen LogP contribution is -2.19. The minimum Gasteiger partial charge on any atom is -0.352 e. The molecule has 1 N–H and O–H groups in total. The molecule has 0 aromatic carbocycles. The van der Waals surface area contributed by atoms with Crippen LogP contribution in [0, 0.1) is 17.2 Å². The second-order valence-corrected chi connectivity index (χ2v) is 3.11. The molecule has 1 saturated carbocycles. The van der Waals surface area contributed by atoms with E-state index in [0.717, 1.165) is 6.42 Å². The summed E-state index contributed by atoms with van der Waals surface area (Å²) < 4.78 is 4.87. The van der Waals surface area contributed by atoms with Gasteiger partial charge in [0.15, 0.2) is 0 Å². The van der Waals surface area contributed by atoms with E-state index in [1.807, 2.05) is 0 Å². The Hall–Kier alpha value is -1.90. The highest BCUT2D eigenvalue weighted by Crippen LogP contribution is 2.45. The van der Waals surface area contributed by atoms with Gasteiger partial charge in [0.05, 0.1) is 17.9 Å². The Labute approximate surface area is 79.9 Å². The maximum atomic E-state index is 11.1. The molecule has 6 heteroatoms. The van der Waals surface area contributed by atoms with E-state index in [1.54, 1.807) is 0 Å². The maximum Gasteiger partial charge on any atom is 0.292 e. The number of nitriles is 1. The van der Waals surface area contributed by atoms with Crippen molar-refractivity contribution in [3.63, 3.8) is 0 Å². The van der Waals surface area contributed by atoms with E-state index in [0.29, 0.717) is 5.89 Å². The van der Waals surface area contributed by atoms with Crippen LogP contribution in [0.25, 0.3) is 0 Å². The van der Waals surface area contributed by atoms with Crippen molar-refractivity contribution >= 4 is 5.91 Å². The minimum atomic E-state index is -0.380. The van der Waals surface area contributed by atoms with Crippen molar-refractivity contribution in [2.45, 2.75) is 12.3 Å². The zero-order chi connectivity index (χ0) is 10.1. The summed E-state index contributed by atoms with van der Waals surface area (Å²) in [7, 11) is 1.49. The highest BCUT2D eigenvalue weighted by Gasteiger charge is 2.43. The van der Waals surface area contributed by atoms with Gasteiger partial charge in [-0.25, -0.2) is 0 Å². The van der Waals surface area contributed by atoms with Crippen molar-refractivity contribution < 1.29 is 9.32 Å². The number of carbonyl (C=O) groups excluding carboxylic acids is 1. The fourth-order valence-electron chi connectivity index (χ4n) is 1.20. The van der Waals surface area contributed by atoms with E-state index >= 15 is 0 Å². The molecule has 6 nitrogen and oxygen atoms in total. The van der Waals surface area contributed by atoms with Gasteiger partial charge in [-0.05, 0) is 6.42 Å². The third-order valence-electron chi connectivity index (χ3n) is 2.15. The van der Waals surface area contributed by atoms with E-state index in [9.17, 15) is 4.79 Å². The lowest BCUT2D eigenvalue weighted by Gasteiger charge is -1.87. The topological polar surface area (TPSA) is 91.8 Å². The molecule has 1 heterocycles. The molecule has 1 aromatic rings. The van der Waals surface area contributed by atoms with Crippen molar-refractivity contribution in [3.05, 3.63) is 11.7 Å². The van der Waals surface area contributed by atoms with E-state index in [4.69, 9.17) is 9.78 Å². The summed E-state index contributed by atoms with van der Waals surface area (Å²) in [5, 5.41) is 14.5. The van der Waals surface area contributed by atoms with Crippen LogP contribution in [0.4, 0.5) is 0 Å². The molecule has 1 fully saturated rings. The fraction of sp³-hybridized carbons (Fsp3) is 0.500. The Morgan fingerprint density at radius 3 is 3.14 bits per heavy atom. The predicted molar refractivity (Wildman–Crippen MR) is 44.1 cm³/mol. The predicted octanol–water partition coefficient (Wildman–Crippen LogP) is 0.0563. The van der Waals surface area contributed by atoms with Crippen LogP contribution < -0.4 is 5.32 Å². The highest BCUT2D eigenvalue weighted by molar-refractivity contribution is 5.89. The van der Waals surface area contributed by atoms with Gasteiger partial charge in [-0.3, -0.25) is 4.79 Å². The zero-order valence-electron chi connectivity index (χ0n) is 7.52. The first kappa shape index (κ1) is 8.69. The first-order valence-corrected chi connectivity index (χ1v) is 4.21. The van der Waals surface area contributed by atoms with Gasteiger partial charge in [0.1, 0.15) is 0 Å². The summed E-state index contributed by atoms with van der Waals surface area (Å²) in [5.41, 5.74) is 0. The Balaban J connectivity index is 2.12. The standard InChI is InChI=1S/C8H8N4O2/c1-10-7(13)6-11-8(14-12-6)5-2-4(5)3-9/h4-5H,2H2,1H3,(H,10,13). The van der Waals surface area contributed by atoms with Gasteiger partial charge < -0.3 is 9.84 Å². The number of nitrogens with one attached hydrogen (secondary N) is 1. The third kappa shape index (κ3) is 1.33. The summed E-state index contributed by atoms with van der Waals surface area (Å²) in [6, 6.07) is 2.11. The number of amides is 1. The number of hydrogen-bond acceptors (Lipinski definition) is 5. The lowest BCUT2D eigenvalue weighted by atomic mass is 10.3. The molecule has 1 aliphatic carbocycles. The minimum absolute atomic E-state index is 0.0194. The van der Waals surface area contributed by atoms with E-state index in [2.05, 4.69) is 21.5 Å². The molecule has 0 radical (unpaired) electrons. The van der Waals surface area contributed by atoms with E-state index < -0.39 is 0 Å². The average Bonchev–Trinajstić information content (AvgIpc) is 2.85. The van der Waals surface area contributed by atoms with Crippen LogP contribution in [0.3, 0.4) is 0 Å². The number of rotatable bonds is 2. The van der Waals surface area contributed by atoms with Crippen LogP contribution >= 0.6 is 0 Å². The molecule has 2 unspecified atom stereocenters. The molecule has 1 aliphatic rings. The second kappa shape index (κ2) is 3.10. The summed E-state index contributed by atoms with van der Waals surface area (Å²) in [5.74, 6) is 0.00860. The molecule has 0 aliphatic heterocycles. The van der Waals surface area contributed by atoms with Crippen molar-refractivity contribution in [1.29, 1.82) is 5.26 Å². The number of aromatic nitrogens is 2. The number of hydrogen-bond donors (Lipinski definition) is 1. The van der Waals surface area contributed by atoms with E-state index in [-0.39, 0.29) is 23.6 Å². The monoisotopic (exact) mass is 192 g/mol. The van der Waals surface area contributed by atoms with Gasteiger partial charge in [-0.1, -0.05) is 5.16 Å². The lowest BCUT2D eigenvalue weighted by molar-refractivity contribution is 0.0950. The van der Waals surface area contributed by atoms with Gasteiger partial charge in [0.25, 0.3) is 11.7 Å². The number of nitrogens with zero attached hydrogens (tertiary/aromatic N) is 3. The Kier molecular flexibility index (Phi) is 1.93. The molecule has 1 aromatic heterocycles. The van der Waals surface area contributed by atoms with Gasteiger partial charge >= 0.3 is 0 Å². The fourth-order valence-corrected chi connectivity index (χ4v) is 1.20. The maximum absolute atomic E-state index is 11.1. The van der Waals surface area contributed by atoms with Crippen molar-refractivity contribution in [1.82, 2.24) is 15.5 Å². The quantitative estimate of drug-likeness (QED) is 0.715. The zero-order valence-corrected chi connectivity index (χ0v) is 7.52. The van der Waals surface area contributed by atoms with Crippen LogP contribution in [0.15, 0.2) is 4.52 Å². The van der Waals surface area contributed by atoms with E-state index in [1.165, 1.54) is 7.05 Å². The normalized spacial score (nSPS) is 24.0. The molecular formula is C8H8N4O2. The summed E-state index contributed by atoms with van der Waals surface area (Å²) in [4.78, 5) is 15.0. The second-order valence-electron chi connectivity index (χ2n) is 3.11. The molecule has 0 spiro atoms. The Bertz CT molecular complexity index is 406. The van der Waals surface area contributed by atoms with Crippen molar-refractivity contribution in [3.8, 4) is 6.07 Å². The first-order chi connectivity index (χ1) is 6.76. The molecule has 2 atom stereocenters. The highest BCUT2D eigenvalue weighted by atomic mass is 16.5. The van der Waals surface area contributed by atoms with Gasteiger partial charge in [0.2, 0.25) is 5.89 Å². The molecule has 0 saturated heterocycles. The average molecular weight is 192 g/mol. The third-order valence-corrected chi connectivity index (χ3v) is 2.15. The molecule has 1 amide bonds.